The van der Waals surface area contributed by atoms with E-state index in [9.17, 15) is 4.79 Å². The Morgan fingerprint density at radius 1 is 1.44 bits per heavy atom. The molecule has 0 heterocycles. The van der Waals surface area contributed by atoms with Gasteiger partial charge in [-0.2, -0.15) is 0 Å². The first-order valence-electron chi connectivity index (χ1n) is 6.23. The molecule has 0 aliphatic heterocycles. The van der Waals surface area contributed by atoms with Gasteiger partial charge in [0.05, 0.1) is 5.54 Å². The number of ether oxygens (including phenoxy) is 1. The highest BCUT2D eigenvalue weighted by Gasteiger charge is 2.41. The SMILES string of the molecule is Cc1ccc(OC2CCC(N)(C(N)=O)C2)c(C)c1. The summed E-state index contributed by atoms with van der Waals surface area (Å²) < 4.78 is 5.92. The lowest BCUT2D eigenvalue weighted by atomic mass is 9.99. The Kier molecular flexibility index (Phi) is 3.30. The van der Waals surface area contributed by atoms with Gasteiger partial charge in [-0.3, -0.25) is 4.79 Å². The van der Waals surface area contributed by atoms with Crippen LogP contribution in [0.2, 0.25) is 0 Å². The molecule has 4 N–H and O–H groups in total. The van der Waals surface area contributed by atoms with Crippen molar-refractivity contribution in [2.45, 2.75) is 44.8 Å². The van der Waals surface area contributed by atoms with Crippen LogP contribution in [0.3, 0.4) is 0 Å². The van der Waals surface area contributed by atoms with Crippen molar-refractivity contribution in [2.75, 3.05) is 0 Å². The standard InChI is InChI=1S/C14H20N2O2/c1-9-3-4-12(10(2)7-9)18-11-5-6-14(16,8-11)13(15)17/h3-4,7,11H,5-6,8,16H2,1-2H3,(H2,15,17). The number of carbonyl (C=O) groups excluding carboxylic acids is 1. The Labute approximate surface area is 107 Å². The molecule has 2 unspecified atom stereocenters. The number of carbonyl (C=O) groups is 1. The molecule has 4 nitrogen and oxygen atoms in total. The number of hydrogen-bond acceptors (Lipinski definition) is 3. The van der Waals surface area contributed by atoms with Gasteiger partial charge in [-0.25, -0.2) is 0 Å². The molecule has 1 amide bonds. The van der Waals surface area contributed by atoms with E-state index in [2.05, 4.69) is 6.07 Å². The van der Waals surface area contributed by atoms with Gasteiger partial charge in [-0.1, -0.05) is 17.7 Å². The normalized spacial score (nSPS) is 27.2. The van der Waals surface area contributed by atoms with E-state index < -0.39 is 11.4 Å². The summed E-state index contributed by atoms with van der Waals surface area (Å²) in [4.78, 5) is 11.3. The van der Waals surface area contributed by atoms with E-state index in [1.54, 1.807) is 0 Å². The van der Waals surface area contributed by atoms with Crippen LogP contribution in [0.25, 0.3) is 0 Å². The highest BCUT2D eigenvalue weighted by atomic mass is 16.5. The summed E-state index contributed by atoms with van der Waals surface area (Å²) in [5, 5.41) is 0. The first kappa shape index (κ1) is 12.9. The summed E-state index contributed by atoms with van der Waals surface area (Å²) in [6.45, 7) is 4.06. The maximum absolute atomic E-state index is 11.3. The monoisotopic (exact) mass is 248 g/mol. The van der Waals surface area contributed by atoms with Crippen LogP contribution >= 0.6 is 0 Å². The van der Waals surface area contributed by atoms with Gasteiger partial charge >= 0.3 is 0 Å². The van der Waals surface area contributed by atoms with Crippen LogP contribution < -0.4 is 16.2 Å². The minimum atomic E-state index is -0.900. The number of hydrogen-bond donors (Lipinski definition) is 2. The van der Waals surface area contributed by atoms with Crippen molar-refractivity contribution in [2.24, 2.45) is 11.5 Å². The van der Waals surface area contributed by atoms with E-state index in [1.165, 1.54) is 5.56 Å². The third kappa shape index (κ3) is 2.48. The van der Waals surface area contributed by atoms with Crippen molar-refractivity contribution >= 4 is 5.91 Å². The molecule has 4 heteroatoms. The molecule has 0 bridgehead atoms. The first-order valence-corrected chi connectivity index (χ1v) is 6.23. The summed E-state index contributed by atoms with van der Waals surface area (Å²) in [5.41, 5.74) is 12.7. The van der Waals surface area contributed by atoms with E-state index in [0.29, 0.717) is 12.8 Å². The Balaban J connectivity index is 2.06. The highest BCUT2D eigenvalue weighted by molar-refractivity contribution is 5.84. The van der Waals surface area contributed by atoms with Crippen LogP contribution in [0.1, 0.15) is 30.4 Å². The minimum Gasteiger partial charge on any atom is -0.490 e. The predicted molar refractivity (Wildman–Crippen MR) is 70.3 cm³/mol. The van der Waals surface area contributed by atoms with Gasteiger partial charge in [0.15, 0.2) is 0 Å². The maximum atomic E-state index is 11.3. The molecule has 1 saturated carbocycles. The molecule has 0 spiro atoms. The van der Waals surface area contributed by atoms with Crippen molar-refractivity contribution in [3.05, 3.63) is 29.3 Å². The minimum absolute atomic E-state index is 0.0242. The molecule has 1 aromatic carbocycles. The topological polar surface area (TPSA) is 78.3 Å². The van der Waals surface area contributed by atoms with Crippen LogP contribution in [0.5, 0.6) is 5.75 Å². The lowest BCUT2D eigenvalue weighted by Crippen LogP contribution is -2.50. The highest BCUT2D eigenvalue weighted by Crippen LogP contribution is 2.32. The van der Waals surface area contributed by atoms with Gasteiger partial charge in [0.2, 0.25) is 5.91 Å². The average Bonchev–Trinajstić information content (AvgIpc) is 2.66. The van der Waals surface area contributed by atoms with Gasteiger partial charge in [0, 0.05) is 6.42 Å². The molecule has 1 aliphatic carbocycles. The van der Waals surface area contributed by atoms with Gasteiger partial charge < -0.3 is 16.2 Å². The number of aryl methyl sites for hydroxylation is 2. The maximum Gasteiger partial charge on any atom is 0.237 e. The van der Waals surface area contributed by atoms with Crippen molar-refractivity contribution in [1.82, 2.24) is 0 Å². The van der Waals surface area contributed by atoms with E-state index in [-0.39, 0.29) is 6.10 Å². The molecular formula is C14H20N2O2. The number of nitrogens with two attached hydrogens (primary N) is 2. The van der Waals surface area contributed by atoms with Gasteiger partial charge in [0.1, 0.15) is 11.9 Å². The second-order valence-corrected chi connectivity index (χ2v) is 5.27. The lowest BCUT2D eigenvalue weighted by molar-refractivity contribution is -0.123. The zero-order valence-electron chi connectivity index (χ0n) is 10.9. The molecule has 2 rings (SSSR count). The molecule has 1 aromatic rings. The van der Waals surface area contributed by atoms with Crippen LogP contribution in [0.4, 0.5) is 0 Å². The largest absolute Gasteiger partial charge is 0.490 e. The summed E-state index contributed by atoms with van der Waals surface area (Å²) in [7, 11) is 0. The summed E-state index contributed by atoms with van der Waals surface area (Å²) >= 11 is 0. The quantitative estimate of drug-likeness (QED) is 0.849. The Morgan fingerprint density at radius 3 is 2.72 bits per heavy atom. The molecule has 1 fully saturated rings. The number of primary amides is 1. The van der Waals surface area contributed by atoms with Gasteiger partial charge in [-0.05, 0) is 38.3 Å². The van der Waals surface area contributed by atoms with Crippen LogP contribution in [-0.4, -0.2) is 17.6 Å². The smallest absolute Gasteiger partial charge is 0.237 e. The average molecular weight is 248 g/mol. The summed E-state index contributed by atoms with van der Waals surface area (Å²) in [6, 6.07) is 6.06. The van der Waals surface area contributed by atoms with Crippen LogP contribution in [0.15, 0.2) is 18.2 Å². The van der Waals surface area contributed by atoms with Gasteiger partial charge in [-0.15, -0.1) is 0 Å². The number of amides is 1. The van der Waals surface area contributed by atoms with E-state index in [4.69, 9.17) is 16.2 Å². The molecule has 98 valence electrons. The molecule has 0 saturated heterocycles. The third-order valence-corrected chi connectivity index (χ3v) is 3.62. The number of benzene rings is 1. The summed E-state index contributed by atoms with van der Waals surface area (Å²) in [5.74, 6) is 0.425. The van der Waals surface area contributed by atoms with Crippen molar-refractivity contribution in [1.29, 1.82) is 0 Å². The second kappa shape index (κ2) is 4.61. The Hall–Kier alpha value is -1.55. The molecule has 0 aromatic heterocycles. The molecule has 1 aliphatic rings. The fraction of sp³-hybridized carbons (Fsp3) is 0.500. The zero-order valence-corrected chi connectivity index (χ0v) is 10.9. The molecule has 2 atom stereocenters. The summed E-state index contributed by atoms with van der Waals surface area (Å²) in [6.07, 6.45) is 1.84. The zero-order chi connectivity index (χ0) is 13.3. The van der Waals surface area contributed by atoms with Crippen molar-refractivity contribution < 1.29 is 9.53 Å². The predicted octanol–water partition coefficient (Wildman–Crippen LogP) is 1.42. The first-order chi connectivity index (χ1) is 8.40. The molecule has 18 heavy (non-hydrogen) atoms. The van der Waals surface area contributed by atoms with Crippen LogP contribution in [-0.2, 0) is 4.79 Å². The lowest BCUT2D eigenvalue weighted by Gasteiger charge is -2.20. The van der Waals surface area contributed by atoms with E-state index in [1.807, 2.05) is 26.0 Å². The van der Waals surface area contributed by atoms with Crippen LogP contribution in [0, 0.1) is 13.8 Å². The molecule has 0 radical (unpaired) electrons. The Bertz CT molecular complexity index is 473. The van der Waals surface area contributed by atoms with E-state index >= 15 is 0 Å². The third-order valence-electron chi connectivity index (χ3n) is 3.62. The van der Waals surface area contributed by atoms with Crippen molar-refractivity contribution in [3.63, 3.8) is 0 Å². The van der Waals surface area contributed by atoms with E-state index in [0.717, 1.165) is 17.7 Å². The molecular weight excluding hydrogens is 228 g/mol. The second-order valence-electron chi connectivity index (χ2n) is 5.27. The van der Waals surface area contributed by atoms with Gasteiger partial charge in [0.25, 0.3) is 0 Å². The van der Waals surface area contributed by atoms with Crippen molar-refractivity contribution in [3.8, 4) is 5.75 Å². The number of rotatable bonds is 3. The fourth-order valence-electron chi connectivity index (χ4n) is 2.46. The Morgan fingerprint density at radius 2 is 2.17 bits per heavy atom. The fourth-order valence-corrected chi connectivity index (χ4v) is 2.46.